The van der Waals surface area contributed by atoms with Crippen LogP contribution in [0.5, 0.6) is 0 Å². The summed E-state index contributed by atoms with van der Waals surface area (Å²) in [6.45, 7) is 5.85. The van der Waals surface area contributed by atoms with E-state index in [1.165, 1.54) is 9.80 Å². The smallest absolute Gasteiger partial charge is 0.254 e. The number of likely N-dealkylation sites (N-methyl/N-ethyl adjacent to an activating group) is 2. The first kappa shape index (κ1) is 32.0. The minimum atomic E-state index is -0.879. The van der Waals surface area contributed by atoms with Crippen molar-refractivity contribution in [3.05, 3.63) is 119 Å². The number of carbonyl (C=O) groups excluding carboxylic acids is 3. The number of nitrogens with two attached hydrogens (primary N) is 2. The fraction of sp³-hybridized carbons (Fsp3) is 0.286. The van der Waals surface area contributed by atoms with Crippen LogP contribution < -0.4 is 11.5 Å². The van der Waals surface area contributed by atoms with E-state index in [4.69, 9.17) is 11.5 Å². The maximum Gasteiger partial charge on any atom is 0.254 e. The standard InChI is InChI=1S/C33H36N4O3.C2H6/c1-22(34)26-14-9-15-28(21-26)32(39)37(3)30(20-24-16-17-25-12-7-8-13-27(25)18-24)33(40)36(2)29(31(35)38)19-23-10-5-4-6-11-23;1-2/h4-18,21-22,29-30H,19-20,34H2,1-3H3,(H2,35,38);1-2H3/t22?,29-,30?;/m1./s1. The molecular weight excluding hydrogens is 524 g/mol. The van der Waals surface area contributed by atoms with Crippen molar-refractivity contribution in [2.75, 3.05) is 14.1 Å². The number of nitrogens with zero attached hydrogens (tertiary/aromatic N) is 2. The summed E-state index contributed by atoms with van der Waals surface area (Å²) in [5.41, 5.74) is 14.9. The molecule has 42 heavy (non-hydrogen) atoms. The number of hydrogen-bond acceptors (Lipinski definition) is 4. The molecule has 0 bridgehead atoms. The number of fused-ring (bicyclic) bond motifs is 1. The summed E-state index contributed by atoms with van der Waals surface area (Å²) in [4.78, 5) is 43.2. The van der Waals surface area contributed by atoms with Gasteiger partial charge in [-0.25, -0.2) is 0 Å². The third-order valence-corrected chi connectivity index (χ3v) is 7.39. The van der Waals surface area contributed by atoms with Gasteiger partial charge in [-0.05, 0) is 46.5 Å². The molecule has 0 aromatic heterocycles. The molecule has 7 heteroatoms. The summed E-state index contributed by atoms with van der Waals surface area (Å²) >= 11 is 0. The highest BCUT2D eigenvalue weighted by Crippen LogP contribution is 2.21. The summed E-state index contributed by atoms with van der Waals surface area (Å²) in [5.74, 6) is -1.29. The fourth-order valence-electron chi connectivity index (χ4n) is 4.93. The van der Waals surface area contributed by atoms with Gasteiger partial charge in [0.2, 0.25) is 11.8 Å². The third-order valence-electron chi connectivity index (χ3n) is 7.39. The van der Waals surface area contributed by atoms with Crippen LogP contribution in [-0.2, 0) is 22.4 Å². The second kappa shape index (κ2) is 14.9. The van der Waals surface area contributed by atoms with E-state index in [-0.39, 0.29) is 30.7 Å². The summed E-state index contributed by atoms with van der Waals surface area (Å²) in [5, 5.41) is 2.12. The van der Waals surface area contributed by atoms with Crippen molar-refractivity contribution in [2.45, 2.75) is 51.7 Å². The Morgan fingerprint density at radius 3 is 1.95 bits per heavy atom. The molecule has 0 aliphatic rings. The van der Waals surface area contributed by atoms with E-state index in [1.54, 1.807) is 32.3 Å². The molecular formula is C35H42N4O3. The molecule has 0 heterocycles. The van der Waals surface area contributed by atoms with Gasteiger partial charge in [0, 0.05) is 38.5 Å². The van der Waals surface area contributed by atoms with E-state index in [0.29, 0.717) is 5.56 Å². The quantitative estimate of drug-likeness (QED) is 0.278. The van der Waals surface area contributed by atoms with Crippen LogP contribution in [0.2, 0.25) is 0 Å². The van der Waals surface area contributed by atoms with E-state index in [1.807, 2.05) is 99.6 Å². The molecule has 4 rings (SSSR count). The fourth-order valence-corrected chi connectivity index (χ4v) is 4.93. The van der Waals surface area contributed by atoms with E-state index < -0.39 is 18.0 Å². The highest BCUT2D eigenvalue weighted by atomic mass is 16.2. The zero-order valence-electron chi connectivity index (χ0n) is 25.2. The van der Waals surface area contributed by atoms with E-state index >= 15 is 0 Å². The Balaban J connectivity index is 0.00000237. The van der Waals surface area contributed by atoms with Crippen LogP contribution in [0.25, 0.3) is 10.8 Å². The number of benzene rings is 4. The van der Waals surface area contributed by atoms with Crippen molar-refractivity contribution in [3.8, 4) is 0 Å². The van der Waals surface area contributed by atoms with Gasteiger partial charge in [-0.2, -0.15) is 0 Å². The van der Waals surface area contributed by atoms with Gasteiger partial charge in [-0.15, -0.1) is 0 Å². The van der Waals surface area contributed by atoms with E-state index in [0.717, 1.165) is 27.5 Å². The lowest BCUT2D eigenvalue weighted by molar-refractivity contribution is -0.141. The van der Waals surface area contributed by atoms with Gasteiger partial charge in [-0.1, -0.05) is 98.8 Å². The number of amides is 3. The maximum absolute atomic E-state index is 14.1. The number of rotatable bonds is 10. The van der Waals surface area contributed by atoms with Gasteiger partial charge in [0.1, 0.15) is 12.1 Å². The lowest BCUT2D eigenvalue weighted by atomic mass is 9.98. The molecule has 0 radical (unpaired) electrons. The number of carbonyl (C=O) groups is 3. The van der Waals surface area contributed by atoms with Gasteiger partial charge in [0.25, 0.3) is 5.91 Å². The van der Waals surface area contributed by atoms with Crippen LogP contribution >= 0.6 is 0 Å². The molecule has 0 fully saturated rings. The lowest BCUT2D eigenvalue weighted by Crippen LogP contribution is -2.55. The number of hydrogen-bond donors (Lipinski definition) is 2. The Labute approximate surface area is 249 Å². The Hall–Kier alpha value is -4.49. The van der Waals surface area contributed by atoms with Gasteiger partial charge in [-0.3, -0.25) is 14.4 Å². The van der Waals surface area contributed by atoms with Crippen LogP contribution in [0, 0.1) is 0 Å². The highest BCUT2D eigenvalue weighted by molar-refractivity contribution is 5.98. The Kier molecular flexibility index (Phi) is 11.4. The molecule has 4 aromatic rings. The average Bonchev–Trinajstić information content (AvgIpc) is 3.02. The zero-order chi connectivity index (χ0) is 30.8. The van der Waals surface area contributed by atoms with Crippen molar-refractivity contribution >= 4 is 28.5 Å². The average molecular weight is 567 g/mol. The van der Waals surface area contributed by atoms with Crippen molar-refractivity contribution in [1.29, 1.82) is 0 Å². The van der Waals surface area contributed by atoms with Crippen LogP contribution in [0.3, 0.4) is 0 Å². The monoisotopic (exact) mass is 566 g/mol. The molecule has 0 saturated carbocycles. The molecule has 3 amide bonds. The van der Waals surface area contributed by atoms with Gasteiger partial charge < -0.3 is 21.3 Å². The molecule has 7 nitrogen and oxygen atoms in total. The Bertz CT molecular complexity index is 1500. The van der Waals surface area contributed by atoms with Crippen LogP contribution in [0.1, 0.15) is 53.9 Å². The van der Waals surface area contributed by atoms with Crippen molar-refractivity contribution in [1.82, 2.24) is 9.80 Å². The molecule has 0 spiro atoms. The molecule has 2 unspecified atom stereocenters. The first-order chi connectivity index (χ1) is 20.2. The maximum atomic E-state index is 14.1. The molecule has 220 valence electrons. The summed E-state index contributed by atoms with van der Waals surface area (Å²) in [6, 6.07) is 28.5. The normalized spacial score (nSPS) is 12.8. The first-order valence-corrected chi connectivity index (χ1v) is 14.4. The third kappa shape index (κ3) is 7.83. The predicted octanol–water partition coefficient (Wildman–Crippen LogP) is 5.12. The first-order valence-electron chi connectivity index (χ1n) is 14.4. The van der Waals surface area contributed by atoms with Crippen molar-refractivity contribution < 1.29 is 14.4 Å². The van der Waals surface area contributed by atoms with Crippen LogP contribution in [0.15, 0.2) is 97.1 Å². The molecule has 4 N–H and O–H groups in total. The highest BCUT2D eigenvalue weighted by Gasteiger charge is 2.34. The van der Waals surface area contributed by atoms with Gasteiger partial charge >= 0.3 is 0 Å². The van der Waals surface area contributed by atoms with Crippen molar-refractivity contribution in [2.24, 2.45) is 11.5 Å². The minimum absolute atomic E-state index is 0.242. The van der Waals surface area contributed by atoms with Crippen LogP contribution in [-0.4, -0.2) is 53.7 Å². The minimum Gasteiger partial charge on any atom is -0.368 e. The zero-order valence-corrected chi connectivity index (χ0v) is 25.2. The summed E-state index contributed by atoms with van der Waals surface area (Å²) < 4.78 is 0. The lowest BCUT2D eigenvalue weighted by Gasteiger charge is -2.34. The predicted molar refractivity (Wildman–Crippen MR) is 170 cm³/mol. The molecule has 0 saturated heterocycles. The second-order valence-electron chi connectivity index (χ2n) is 10.3. The summed E-state index contributed by atoms with van der Waals surface area (Å²) in [6.07, 6.45) is 0.537. The Morgan fingerprint density at radius 2 is 1.31 bits per heavy atom. The van der Waals surface area contributed by atoms with Gasteiger partial charge in [0.05, 0.1) is 0 Å². The Morgan fingerprint density at radius 1 is 0.690 bits per heavy atom. The molecule has 0 aliphatic carbocycles. The molecule has 4 aromatic carbocycles. The van der Waals surface area contributed by atoms with Crippen molar-refractivity contribution in [3.63, 3.8) is 0 Å². The molecule has 3 atom stereocenters. The largest absolute Gasteiger partial charge is 0.368 e. The van der Waals surface area contributed by atoms with Gasteiger partial charge in [0.15, 0.2) is 0 Å². The SMILES string of the molecule is CC.CC(N)c1cccc(C(=O)N(C)C(Cc2ccc3ccccc3c2)C(=O)N(C)[C@H](Cc2ccccc2)C(N)=O)c1. The molecule has 0 aliphatic heterocycles. The van der Waals surface area contributed by atoms with Crippen LogP contribution in [0.4, 0.5) is 0 Å². The van der Waals surface area contributed by atoms with E-state index in [9.17, 15) is 14.4 Å². The second-order valence-corrected chi connectivity index (χ2v) is 10.3. The topological polar surface area (TPSA) is 110 Å². The number of primary amides is 1. The van der Waals surface area contributed by atoms with E-state index in [2.05, 4.69) is 0 Å². The summed E-state index contributed by atoms with van der Waals surface area (Å²) in [7, 11) is 3.19.